The molecule has 4 heteroatoms. The molecule has 1 rings (SSSR count). The minimum Gasteiger partial charge on any atom is -0.389 e. The summed E-state index contributed by atoms with van der Waals surface area (Å²) in [6.45, 7) is 7.25. The lowest BCUT2D eigenvalue weighted by Gasteiger charge is -2.14. The van der Waals surface area contributed by atoms with E-state index in [1.165, 1.54) is 0 Å². The van der Waals surface area contributed by atoms with E-state index in [1.807, 2.05) is 13.0 Å². The highest BCUT2D eigenvalue weighted by Crippen LogP contribution is 2.17. The van der Waals surface area contributed by atoms with Crippen LogP contribution in [0.3, 0.4) is 0 Å². The molecule has 1 heterocycles. The number of rotatable bonds is 5. The first-order valence-electron chi connectivity index (χ1n) is 5.55. The Hall–Kier alpha value is -1.16. The third-order valence-electron chi connectivity index (χ3n) is 2.72. The molecule has 0 aliphatic rings. The van der Waals surface area contributed by atoms with Crippen molar-refractivity contribution in [3.63, 3.8) is 0 Å². The fraction of sp³-hybridized carbons (Fsp3) is 0.500. The molecule has 1 atom stereocenters. The molecule has 1 unspecified atom stereocenters. The van der Waals surface area contributed by atoms with Gasteiger partial charge in [0.15, 0.2) is 0 Å². The molecule has 16 heavy (non-hydrogen) atoms. The summed E-state index contributed by atoms with van der Waals surface area (Å²) in [5.74, 6) is 1.41. The summed E-state index contributed by atoms with van der Waals surface area (Å²) in [6, 6.07) is 1.92. The van der Waals surface area contributed by atoms with Gasteiger partial charge in [0.1, 0.15) is 10.8 Å². The van der Waals surface area contributed by atoms with E-state index in [2.05, 4.69) is 24.1 Å². The summed E-state index contributed by atoms with van der Waals surface area (Å²) in [7, 11) is 0. The Morgan fingerprint density at radius 1 is 1.62 bits per heavy atom. The molecule has 0 radical (unpaired) electrons. The van der Waals surface area contributed by atoms with Crippen molar-refractivity contribution in [1.29, 1.82) is 0 Å². The van der Waals surface area contributed by atoms with E-state index in [0.717, 1.165) is 29.9 Å². The van der Waals surface area contributed by atoms with Crippen LogP contribution in [0.2, 0.25) is 0 Å². The standard InChI is InChI=1S/C12H19N3S/c1-4-8(2)7-15-12-10(11(13)16)9(3)5-6-14-12/h5-6,8H,4,7H2,1-3H3,(H2,13,16)(H,14,15). The van der Waals surface area contributed by atoms with Crippen LogP contribution in [0.15, 0.2) is 12.3 Å². The molecule has 3 nitrogen and oxygen atoms in total. The normalized spacial score (nSPS) is 12.2. The Morgan fingerprint density at radius 3 is 2.88 bits per heavy atom. The highest BCUT2D eigenvalue weighted by Gasteiger charge is 2.10. The van der Waals surface area contributed by atoms with Gasteiger partial charge in [-0.15, -0.1) is 0 Å². The zero-order valence-electron chi connectivity index (χ0n) is 10.1. The number of nitrogens with zero attached hydrogens (tertiary/aromatic N) is 1. The molecule has 0 aliphatic heterocycles. The smallest absolute Gasteiger partial charge is 0.136 e. The number of anilines is 1. The second kappa shape index (κ2) is 5.80. The molecule has 0 amide bonds. The molecule has 0 aromatic carbocycles. The van der Waals surface area contributed by atoms with E-state index in [0.29, 0.717) is 10.9 Å². The average Bonchev–Trinajstić information content (AvgIpc) is 2.25. The number of thiocarbonyl (C=S) groups is 1. The molecular formula is C12H19N3S. The van der Waals surface area contributed by atoms with Crippen molar-refractivity contribution in [2.75, 3.05) is 11.9 Å². The molecule has 0 aliphatic carbocycles. The molecule has 0 bridgehead atoms. The highest BCUT2D eigenvalue weighted by atomic mass is 32.1. The van der Waals surface area contributed by atoms with Gasteiger partial charge >= 0.3 is 0 Å². The van der Waals surface area contributed by atoms with Crippen LogP contribution in [0.5, 0.6) is 0 Å². The van der Waals surface area contributed by atoms with Crippen molar-refractivity contribution in [3.05, 3.63) is 23.4 Å². The number of nitrogens with one attached hydrogen (secondary N) is 1. The Balaban J connectivity index is 2.87. The van der Waals surface area contributed by atoms with Crippen molar-refractivity contribution in [1.82, 2.24) is 4.98 Å². The van der Waals surface area contributed by atoms with Crippen LogP contribution in [0.25, 0.3) is 0 Å². The first-order chi connectivity index (χ1) is 7.56. The molecular weight excluding hydrogens is 218 g/mol. The Morgan fingerprint density at radius 2 is 2.31 bits per heavy atom. The van der Waals surface area contributed by atoms with Crippen LogP contribution in [0, 0.1) is 12.8 Å². The topological polar surface area (TPSA) is 50.9 Å². The van der Waals surface area contributed by atoms with Gasteiger partial charge in [0.05, 0.1) is 5.56 Å². The fourth-order valence-electron chi connectivity index (χ4n) is 1.42. The van der Waals surface area contributed by atoms with Crippen molar-refractivity contribution in [3.8, 4) is 0 Å². The van der Waals surface area contributed by atoms with Gasteiger partial charge in [-0.25, -0.2) is 4.98 Å². The van der Waals surface area contributed by atoms with E-state index in [-0.39, 0.29) is 0 Å². The summed E-state index contributed by atoms with van der Waals surface area (Å²) < 4.78 is 0. The van der Waals surface area contributed by atoms with E-state index in [4.69, 9.17) is 18.0 Å². The van der Waals surface area contributed by atoms with Crippen LogP contribution in [-0.4, -0.2) is 16.5 Å². The van der Waals surface area contributed by atoms with Gasteiger partial charge in [0.25, 0.3) is 0 Å². The molecule has 0 spiro atoms. The zero-order chi connectivity index (χ0) is 12.1. The van der Waals surface area contributed by atoms with Crippen LogP contribution >= 0.6 is 12.2 Å². The van der Waals surface area contributed by atoms with Gasteiger partial charge in [-0.3, -0.25) is 0 Å². The lowest BCUT2D eigenvalue weighted by Crippen LogP contribution is -2.18. The van der Waals surface area contributed by atoms with E-state index in [9.17, 15) is 0 Å². The summed E-state index contributed by atoms with van der Waals surface area (Å²) in [5, 5.41) is 3.31. The lowest BCUT2D eigenvalue weighted by molar-refractivity contribution is 0.592. The van der Waals surface area contributed by atoms with Crippen LogP contribution in [-0.2, 0) is 0 Å². The summed E-state index contributed by atoms with van der Waals surface area (Å²) >= 11 is 5.04. The second-order valence-electron chi connectivity index (χ2n) is 4.11. The van der Waals surface area contributed by atoms with Crippen LogP contribution in [0.4, 0.5) is 5.82 Å². The number of hydrogen-bond donors (Lipinski definition) is 2. The molecule has 0 saturated heterocycles. The van der Waals surface area contributed by atoms with Crippen molar-refractivity contribution in [2.24, 2.45) is 11.7 Å². The summed E-state index contributed by atoms with van der Waals surface area (Å²) in [6.07, 6.45) is 2.91. The maximum Gasteiger partial charge on any atom is 0.136 e. The number of hydrogen-bond acceptors (Lipinski definition) is 3. The third-order valence-corrected chi connectivity index (χ3v) is 2.92. The molecule has 0 fully saturated rings. The van der Waals surface area contributed by atoms with E-state index >= 15 is 0 Å². The van der Waals surface area contributed by atoms with E-state index in [1.54, 1.807) is 6.20 Å². The molecule has 0 saturated carbocycles. The van der Waals surface area contributed by atoms with Crippen LogP contribution < -0.4 is 11.1 Å². The predicted molar refractivity (Wildman–Crippen MR) is 72.8 cm³/mol. The van der Waals surface area contributed by atoms with Gasteiger partial charge in [0, 0.05) is 12.7 Å². The zero-order valence-corrected chi connectivity index (χ0v) is 10.9. The summed E-state index contributed by atoms with van der Waals surface area (Å²) in [5.41, 5.74) is 7.63. The Kier molecular flexibility index (Phi) is 4.68. The van der Waals surface area contributed by atoms with Crippen molar-refractivity contribution < 1.29 is 0 Å². The first kappa shape index (κ1) is 12.9. The minimum atomic E-state index is 0.400. The first-order valence-corrected chi connectivity index (χ1v) is 5.96. The van der Waals surface area contributed by atoms with Crippen molar-refractivity contribution in [2.45, 2.75) is 27.2 Å². The Bertz CT molecular complexity index is 377. The SMILES string of the molecule is CCC(C)CNc1nccc(C)c1C(N)=S. The monoisotopic (exact) mass is 237 g/mol. The van der Waals surface area contributed by atoms with E-state index < -0.39 is 0 Å². The predicted octanol–water partition coefficient (Wildman–Crippen LogP) is 2.48. The fourth-order valence-corrected chi connectivity index (χ4v) is 1.68. The largest absolute Gasteiger partial charge is 0.389 e. The highest BCUT2D eigenvalue weighted by molar-refractivity contribution is 7.80. The molecule has 88 valence electrons. The van der Waals surface area contributed by atoms with Gasteiger partial charge in [-0.05, 0) is 24.5 Å². The maximum atomic E-state index is 5.71. The molecule has 1 aromatic heterocycles. The quantitative estimate of drug-likeness (QED) is 0.773. The minimum absolute atomic E-state index is 0.400. The van der Waals surface area contributed by atoms with Gasteiger partial charge < -0.3 is 11.1 Å². The number of aryl methyl sites for hydroxylation is 1. The molecule has 1 aromatic rings. The number of nitrogens with two attached hydrogens (primary N) is 1. The van der Waals surface area contributed by atoms with Gasteiger partial charge in [-0.2, -0.15) is 0 Å². The molecule has 3 N–H and O–H groups in total. The lowest BCUT2D eigenvalue weighted by atomic mass is 10.1. The number of pyridine rings is 1. The van der Waals surface area contributed by atoms with Crippen molar-refractivity contribution >= 4 is 23.0 Å². The third kappa shape index (κ3) is 3.17. The summed E-state index contributed by atoms with van der Waals surface area (Å²) in [4.78, 5) is 4.69. The van der Waals surface area contributed by atoms with Gasteiger partial charge in [0.2, 0.25) is 0 Å². The van der Waals surface area contributed by atoms with Gasteiger partial charge in [-0.1, -0.05) is 32.5 Å². The Labute approximate surface area is 102 Å². The second-order valence-corrected chi connectivity index (χ2v) is 4.55. The van der Waals surface area contributed by atoms with Crippen LogP contribution in [0.1, 0.15) is 31.4 Å². The number of aromatic nitrogens is 1. The average molecular weight is 237 g/mol. The maximum absolute atomic E-state index is 5.71.